The van der Waals surface area contributed by atoms with Gasteiger partial charge in [-0.3, -0.25) is 24.0 Å². The number of carbonyl (C=O) groups is 5. The van der Waals surface area contributed by atoms with Gasteiger partial charge in [-0.2, -0.15) is 0 Å². The Morgan fingerprint density at radius 2 is 0.526 bits per heavy atom. The van der Waals surface area contributed by atoms with Crippen molar-refractivity contribution < 1.29 is 99.1 Å². The number of aliphatic hydroxyl groups excluding tert-OH is 7. The molecule has 0 bridgehead atoms. The lowest BCUT2D eigenvalue weighted by Gasteiger charge is -2.51. The molecule has 2 saturated heterocycles. The summed E-state index contributed by atoms with van der Waals surface area (Å²) in [5, 5.41) is 114. The summed E-state index contributed by atoms with van der Waals surface area (Å²) in [5.74, 6) is -5.71. The molecule has 0 spiro atoms. The van der Waals surface area contributed by atoms with E-state index in [-0.39, 0.29) is 25.7 Å². The van der Waals surface area contributed by atoms with Crippen LogP contribution in [0.25, 0.3) is 0 Å². The van der Waals surface area contributed by atoms with Gasteiger partial charge in [-0.15, -0.1) is 0 Å². The van der Waals surface area contributed by atoms with Gasteiger partial charge in [0.05, 0.1) is 18.6 Å². The van der Waals surface area contributed by atoms with Crippen molar-refractivity contribution in [2.45, 2.75) is 550 Å². The predicted octanol–water partition coefficient (Wildman–Crippen LogP) is 23.1. The van der Waals surface area contributed by atoms with E-state index >= 15 is 4.79 Å². The van der Waals surface area contributed by atoms with Crippen LogP contribution in [-0.4, -0.2) is 161 Å². The summed E-state index contributed by atoms with van der Waals surface area (Å²) in [7, 11) is 0. The number of rotatable bonds is 88. The Morgan fingerprint density at radius 1 is 0.293 bits per heavy atom. The minimum atomic E-state index is -2.43. The number of aliphatic hydroxyl groups is 7. The zero-order chi connectivity index (χ0) is 84.7. The molecule has 2 rings (SSSR count). The molecule has 0 amide bonds. The molecule has 2 aliphatic heterocycles. The van der Waals surface area contributed by atoms with Crippen LogP contribution in [0, 0.1) is 10.8 Å². The summed E-state index contributed by atoms with van der Waals surface area (Å²) in [6.45, 7) is 0.00782. The topological polar surface area (TPSA) is 345 Å². The Kier molecular flexibility index (Phi) is 69.1. The van der Waals surface area contributed by atoms with Crippen molar-refractivity contribution in [2.24, 2.45) is 10.8 Å². The van der Waals surface area contributed by atoms with Crippen molar-refractivity contribution in [2.75, 3.05) is 19.8 Å². The van der Waals surface area contributed by atoms with E-state index < -0.39 is 115 Å². The first kappa shape index (κ1) is 109. The van der Waals surface area contributed by atoms with Crippen LogP contribution < -0.4 is 0 Å². The smallest absolute Gasteiger partial charge is 0.312 e. The first-order chi connectivity index (χ1) is 56.4. The third-order valence-electron chi connectivity index (χ3n) is 26.0. The number of hydrogen-bond donors (Lipinski definition) is 11. The minimum Gasteiger partial charge on any atom is -0.481 e. The average Bonchev–Trinajstić information content (AvgIpc) is 1.43. The highest BCUT2D eigenvalue weighted by Crippen LogP contribution is 2.58. The molecule has 2 heterocycles. The highest BCUT2D eigenvalue weighted by Gasteiger charge is 2.61. The molecule has 116 heavy (non-hydrogen) atoms. The van der Waals surface area contributed by atoms with Gasteiger partial charge in [0.15, 0.2) is 6.29 Å². The third-order valence-corrected chi connectivity index (χ3v) is 26.0. The van der Waals surface area contributed by atoms with E-state index in [1.54, 1.807) is 0 Å². The molecule has 0 aromatic carbocycles. The van der Waals surface area contributed by atoms with E-state index in [1.807, 2.05) is 0 Å². The summed E-state index contributed by atoms with van der Waals surface area (Å²) < 4.78 is 25.5. The van der Waals surface area contributed by atoms with Crippen LogP contribution in [-0.2, 0) is 42.9 Å². The second-order valence-electron chi connectivity index (χ2n) is 36.0. The Bertz CT molecular complexity index is 2310. The van der Waals surface area contributed by atoms with E-state index in [2.05, 4.69) is 6.92 Å². The maximum atomic E-state index is 17.0. The van der Waals surface area contributed by atoms with Gasteiger partial charge in [-0.1, -0.05) is 411 Å². The number of carboxylic acids is 4. The van der Waals surface area contributed by atoms with Crippen molar-refractivity contribution >= 4 is 29.8 Å². The van der Waals surface area contributed by atoms with Crippen LogP contribution in [0.5, 0.6) is 0 Å². The zero-order valence-corrected chi connectivity index (χ0v) is 74.1. The summed E-state index contributed by atoms with van der Waals surface area (Å²) in [4.78, 5) is 60.9. The fraction of sp³-hybridized carbons (Fsp3) is 0.948. The van der Waals surface area contributed by atoms with Crippen molar-refractivity contribution in [1.82, 2.24) is 0 Å². The lowest BCUT2D eigenvalue weighted by atomic mass is 9.53. The summed E-state index contributed by atoms with van der Waals surface area (Å²) in [5.41, 5.74) is -1.52. The van der Waals surface area contributed by atoms with Gasteiger partial charge in [0.25, 0.3) is 0 Å². The molecule has 0 saturated carbocycles. The lowest BCUT2D eigenvalue weighted by molar-refractivity contribution is -0.384. The van der Waals surface area contributed by atoms with E-state index in [9.17, 15) is 54.9 Å². The SMILES string of the molecule is CCCCCCCCCCCCCC(CCCCCCCCCCCCCCCCCC(=O)O)(CCCCCCCCCCCCCCCC(=O)O)C(CCCCCCCCCCCCCCCCCC(=O)O)(CCCCCCCCCCCCCCCC(=O)O)C(=O)OC[C@@]1(O[C@H]2O[C@H](CO)[C@@H](O)[C@H](O)[C@H]2O)O[C@H](CO)[C@@H](O)[C@@H]1O. The van der Waals surface area contributed by atoms with E-state index in [0.717, 1.165) is 263 Å². The van der Waals surface area contributed by atoms with Crippen molar-refractivity contribution in [3.8, 4) is 0 Å². The first-order valence-electron chi connectivity index (χ1n) is 49.0. The number of carbonyl (C=O) groups excluding carboxylic acids is 1. The van der Waals surface area contributed by atoms with E-state index in [0.29, 0.717) is 12.8 Å². The third kappa shape index (κ3) is 52.4. The highest BCUT2D eigenvalue weighted by atomic mass is 16.8. The fourth-order valence-corrected chi connectivity index (χ4v) is 18.6. The maximum Gasteiger partial charge on any atom is 0.312 e. The fourth-order valence-electron chi connectivity index (χ4n) is 18.6. The zero-order valence-electron chi connectivity index (χ0n) is 74.1. The molecule has 0 aromatic heterocycles. The molecule has 11 N–H and O–H groups in total. The average molecular weight is 1650 g/mol. The van der Waals surface area contributed by atoms with Crippen LogP contribution in [0.4, 0.5) is 0 Å². The van der Waals surface area contributed by atoms with Gasteiger partial charge in [-0.05, 0) is 63.2 Å². The van der Waals surface area contributed by atoms with Gasteiger partial charge >= 0.3 is 29.8 Å². The largest absolute Gasteiger partial charge is 0.481 e. The Hall–Kier alpha value is -3.05. The standard InChI is InChI=1S/C96H180O20/c1-2-3-4-5-6-7-28-37-46-55-64-73-94(75-66-57-48-39-30-21-14-18-26-35-44-53-62-71-85(103)104,74-65-56-47-38-29-20-12-8-10-16-24-33-42-51-60-69-83(99)100)95(77-68-59-50-41-32-23-15-19-27-36-45-54-63-72-86(105)106,76-67-58-49-40-31-22-13-9-11-17-25-34-43-52-61-70-84(101)102)93(112)113-80-96(91(111)88(108)82(79-98)115-96)116-92-90(110)89(109)87(107)81(78-97)114-92/h81-82,87-92,97-98,107-111H,2-80H2,1H3,(H,99,100)(H,101,102)(H,103,104)(H,105,106)/t81-,82-,87-,88-,89+,90-,91+,92-,94?,95?,96+/m1/s1. The van der Waals surface area contributed by atoms with Crippen molar-refractivity contribution in [3.63, 3.8) is 0 Å². The van der Waals surface area contributed by atoms with E-state index in [4.69, 9.17) is 39.4 Å². The molecule has 0 radical (unpaired) electrons. The normalized spacial score (nSPS) is 20.7. The van der Waals surface area contributed by atoms with Gasteiger partial charge in [0.1, 0.15) is 49.3 Å². The molecule has 2 fully saturated rings. The van der Waals surface area contributed by atoms with Crippen molar-refractivity contribution in [3.05, 3.63) is 0 Å². The number of ether oxygens (including phenoxy) is 4. The highest BCUT2D eigenvalue weighted by molar-refractivity contribution is 5.78. The van der Waals surface area contributed by atoms with Gasteiger partial charge in [0, 0.05) is 25.7 Å². The van der Waals surface area contributed by atoms with Crippen LogP contribution in [0.3, 0.4) is 0 Å². The van der Waals surface area contributed by atoms with Gasteiger partial charge in [0.2, 0.25) is 5.79 Å². The van der Waals surface area contributed by atoms with Crippen molar-refractivity contribution in [1.29, 1.82) is 0 Å². The number of hydrogen-bond acceptors (Lipinski definition) is 16. The second-order valence-corrected chi connectivity index (χ2v) is 36.0. The Balaban J connectivity index is 2.73. The summed E-state index contributed by atoms with van der Waals surface area (Å²) in [6, 6.07) is 0. The molecule has 20 nitrogen and oxygen atoms in total. The van der Waals surface area contributed by atoms with Crippen LogP contribution in [0.1, 0.15) is 495 Å². The molecular formula is C96H180O20. The Labute approximate surface area is 705 Å². The number of unbranched alkanes of at least 4 members (excludes halogenated alkanes) is 62. The first-order valence-corrected chi connectivity index (χ1v) is 49.0. The summed E-state index contributed by atoms with van der Waals surface area (Å²) in [6.07, 6.45) is 64.7. The lowest BCUT2D eigenvalue weighted by Crippen LogP contribution is -2.63. The molecule has 0 aliphatic carbocycles. The maximum absolute atomic E-state index is 17.0. The predicted molar refractivity (Wildman–Crippen MR) is 464 cm³/mol. The quantitative estimate of drug-likeness (QED) is 0.0199. The number of aliphatic carboxylic acids is 4. The van der Waals surface area contributed by atoms with Gasteiger partial charge in [-0.25, -0.2) is 0 Å². The summed E-state index contributed by atoms with van der Waals surface area (Å²) >= 11 is 0. The molecular weight excluding hydrogens is 1470 g/mol. The molecule has 0 aromatic rings. The molecule has 2 unspecified atom stereocenters. The van der Waals surface area contributed by atoms with E-state index in [1.165, 1.54) is 186 Å². The second kappa shape index (κ2) is 73.5. The molecule has 684 valence electrons. The number of carboxylic acid groups (broad SMARTS) is 4. The number of esters is 1. The van der Waals surface area contributed by atoms with Crippen LogP contribution >= 0.6 is 0 Å². The van der Waals surface area contributed by atoms with Crippen LogP contribution in [0.2, 0.25) is 0 Å². The molecule has 2 aliphatic rings. The van der Waals surface area contributed by atoms with Gasteiger partial charge < -0.3 is 75.1 Å². The minimum absolute atomic E-state index is 0.236. The Morgan fingerprint density at radius 3 is 0.759 bits per heavy atom. The monoisotopic (exact) mass is 1650 g/mol. The molecule has 11 atom stereocenters. The molecule has 20 heteroatoms. The van der Waals surface area contributed by atoms with Crippen LogP contribution in [0.15, 0.2) is 0 Å².